The highest BCUT2D eigenvalue weighted by Crippen LogP contribution is 2.27. The van der Waals surface area contributed by atoms with E-state index in [0.717, 1.165) is 5.69 Å². The zero-order valence-electron chi connectivity index (χ0n) is 12.8. The van der Waals surface area contributed by atoms with Crippen LogP contribution >= 0.6 is 11.6 Å². The van der Waals surface area contributed by atoms with Crippen molar-refractivity contribution in [3.63, 3.8) is 0 Å². The van der Waals surface area contributed by atoms with E-state index in [1.165, 1.54) is 6.07 Å². The second-order valence-electron chi connectivity index (χ2n) is 5.53. The molecular formula is C18H14ClFN4. The van der Waals surface area contributed by atoms with Gasteiger partial charge in [-0.15, -0.1) is 0 Å². The molecule has 6 heteroatoms. The van der Waals surface area contributed by atoms with E-state index in [1.807, 2.05) is 17.0 Å². The lowest BCUT2D eigenvalue weighted by molar-refractivity contribution is 0.597. The van der Waals surface area contributed by atoms with Gasteiger partial charge in [-0.2, -0.15) is 10.5 Å². The van der Waals surface area contributed by atoms with Crippen LogP contribution in [0.1, 0.15) is 11.1 Å². The molecule has 0 N–H and O–H groups in total. The van der Waals surface area contributed by atoms with E-state index in [0.29, 0.717) is 48.0 Å². The first-order chi connectivity index (χ1) is 11.6. The third-order valence-electron chi connectivity index (χ3n) is 4.12. The fourth-order valence-electron chi connectivity index (χ4n) is 2.89. The van der Waals surface area contributed by atoms with Gasteiger partial charge in [0.1, 0.15) is 11.9 Å². The Bertz CT molecular complexity index is 845. The zero-order valence-corrected chi connectivity index (χ0v) is 13.6. The van der Waals surface area contributed by atoms with Crippen molar-refractivity contribution in [2.24, 2.45) is 0 Å². The van der Waals surface area contributed by atoms with E-state index in [4.69, 9.17) is 16.9 Å². The number of hydrogen-bond donors (Lipinski definition) is 0. The molecule has 0 saturated carbocycles. The van der Waals surface area contributed by atoms with E-state index in [2.05, 4.69) is 11.0 Å². The van der Waals surface area contributed by atoms with Crippen molar-refractivity contribution in [1.29, 1.82) is 10.5 Å². The average molecular weight is 341 g/mol. The lowest BCUT2D eigenvalue weighted by Crippen LogP contribution is -2.47. The molecule has 3 rings (SSSR count). The SMILES string of the molecule is N#Cc1ccc(N2CCN(c3ccc(Cl)cc3C#N)CC2)c(F)c1. The molecule has 0 bridgehead atoms. The molecule has 1 saturated heterocycles. The zero-order chi connectivity index (χ0) is 17.1. The minimum atomic E-state index is -0.383. The van der Waals surface area contributed by atoms with E-state index in [-0.39, 0.29) is 5.82 Å². The number of hydrogen-bond acceptors (Lipinski definition) is 4. The van der Waals surface area contributed by atoms with E-state index in [9.17, 15) is 9.65 Å². The number of piperazine rings is 1. The summed E-state index contributed by atoms with van der Waals surface area (Å²) in [5.41, 5.74) is 2.21. The topological polar surface area (TPSA) is 54.1 Å². The summed E-state index contributed by atoms with van der Waals surface area (Å²) in [5.74, 6) is -0.383. The van der Waals surface area contributed by atoms with Crippen molar-refractivity contribution in [3.8, 4) is 12.1 Å². The van der Waals surface area contributed by atoms with Crippen LogP contribution < -0.4 is 9.80 Å². The van der Waals surface area contributed by atoms with Gasteiger partial charge in [-0.3, -0.25) is 0 Å². The summed E-state index contributed by atoms with van der Waals surface area (Å²) in [5, 5.41) is 18.6. The summed E-state index contributed by atoms with van der Waals surface area (Å²) in [6.07, 6.45) is 0. The lowest BCUT2D eigenvalue weighted by atomic mass is 10.1. The van der Waals surface area contributed by atoms with Crippen molar-refractivity contribution in [1.82, 2.24) is 0 Å². The van der Waals surface area contributed by atoms with Crippen LogP contribution in [0.25, 0.3) is 0 Å². The Morgan fingerprint density at radius 2 is 1.50 bits per heavy atom. The van der Waals surface area contributed by atoms with Crippen LogP contribution in [0.4, 0.5) is 15.8 Å². The fraction of sp³-hybridized carbons (Fsp3) is 0.222. The number of nitriles is 2. The standard InChI is InChI=1S/C18H14ClFN4/c19-15-2-4-17(14(10-15)12-22)23-5-7-24(8-6-23)18-3-1-13(11-21)9-16(18)20/h1-4,9-10H,5-8H2. The second-order valence-corrected chi connectivity index (χ2v) is 5.96. The van der Waals surface area contributed by atoms with Crippen molar-refractivity contribution in [3.05, 3.63) is 58.4 Å². The Kier molecular flexibility index (Phi) is 4.55. The van der Waals surface area contributed by atoms with Crippen LogP contribution in [0.15, 0.2) is 36.4 Å². The number of nitrogens with zero attached hydrogens (tertiary/aromatic N) is 4. The third-order valence-corrected chi connectivity index (χ3v) is 4.35. The van der Waals surface area contributed by atoms with E-state index in [1.54, 1.807) is 24.3 Å². The van der Waals surface area contributed by atoms with E-state index >= 15 is 0 Å². The third kappa shape index (κ3) is 3.13. The monoisotopic (exact) mass is 340 g/mol. The fourth-order valence-corrected chi connectivity index (χ4v) is 3.07. The predicted octanol–water partition coefficient (Wildman–Crippen LogP) is 3.55. The van der Waals surface area contributed by atoms with Crippen molar-refractivity contribution >= 4 is 23.0 Å². The second kappa shape index (κ2) is 6.78. The molecule has 0 aliphatic carbocycles. The molecule has 0 spiro atoms. The van der Waals surface area contributed by atoms with Gasteiger partial charge in [-0.25, -0.2) is 4.39 Å². The predicted molar refractivity (Wildman–Crippen MR) is 91.7 cm³/mol. The molecule has 1 aliphatic rings. The molecule has 1 aliphatic heterocycles. The van der Waals surface area contributed by atoms with Crippen LogP contribution in [-0.4, -0.2) is 26.2 Å². The van der Waals surface area contributed by atoms with Gasteiger partial charge in [0.2, 0.25) is 0 Å². The molecule has 1 heterocycles. The van der Waals surface area contributed by atoms with Crippen molar-refractivity contribution in [2.75, 3.05) is 36.0 Å². The van der Waals surface area contributed by atoms with Crippen LogP contribution in [0.2, 0.25) is 5.02 Å². The minimum absolute atomic E-state index is 0.315. The molecule has 24 heavy (non-hydrogen) atoms. The number of rotatable bonds is 2. The van der Waals surface area contributed by atoms with Gasteiger partial charge in [0.15, 0.2) is 0 Å². The maximum absolute atomic E-state index is 14.1. The largest absolute Gasteiger partial charge is 0.367 e. The number of halogens is 2. The highest BCUT2D eigenvalue weighted by molar-refractivity contribution is 6.30. The van der Waals surface area contributed by atoms with E-state index < -0.39 is 0 Å². The summed E-state index contributed by atoms with van der Waals surface area (Å²) in [7, 11) is 0. The lowest BCUT2D eigenvalue weighted by Gasteiger charge is -2.37. The number of benzene rings is 2. The Morgan fingerprint density at radius 1 is 0.875 bits per heavy atom. The van der Waals surface area contributed by atoms with Crippen LogP contribution in [0.5, 0.6) is 0 Å². The van der Waals surface area contributed by atoms with Crippen LogP contribution in [0.3, 0.4) is 0 Å². The molecule has 0 atom stereocenters. The Labute approximate surface area is 144 Å². The van der Waals surface area contributed by atoms with Gasteiger partial charge in [-0.05, 0) is 36.4 Å². The molecule has 0 unspecified atom stereocenters. The molecule has 0 aromatic heterocycles. The van der Waals surface area contributed by atoms with Gasteiger partial charge in [0.05, 0.1) is 28.6 Å². The summed E-state index contributed by atoms with van der Waals surface area (Å²) < 4.78 is 14.1. The van der Waals surface area contributed by atoms with Gasteiger partial charge in [0.25, 0.3) is 0 Å². The molecule has 0 amide bonds. The minimum Gasteiger partial charge on any atom is -0.367 e. The van der Waals surface area contributed by atoms with Crippen molar-refractivity contribution < 1.29 is 4.39 Å². The molecule has 2 aromatic rings. The molecule has 4 nitrogen and oxygen atoms in total. The summed E-state index contributed by atoms with van der Waals surface area (Å²) in [6.45, 7) is 2.62. The highest BCUT2D eigenvalue weighted by atomic mass is 35.5. The highest BCUT2D eigenvalue weighted by Gasteiger charge is 2.21. The molecule has 0 radical (unpaired) electrons. The average Bonchev–Trinajstić information content (AvgIpc) is 2.61. The van der Waals surface area contributed by atoms with Gasteiger partial charge < -0.3 is 9.80 Å². The first-order valence-corrected chi connectivity index (χ1v) is 7.89. The molecule has 1 fully saturated rings. The Balaban J connectivity index is 1.75. The maximum Gasteiger partial charge on any atom is 0.147 e. The van der Waals surface area contributed by atoms with Gasteiger partial charge in [0, 0.05) is 31.2 Å². The normalized spacial score (nSPS) is 14.2. The first kappa shape index (κ1) is 16.1. The molecular weight excluding hydrogens is 327 g/mol. The summed E-state index contributed by atoms with van der Waals surface area (Å²) >= 11 is 5.94. The van der Waals surface area contributed by atoms with Crippen LogP contribution in [-0.2, 0) is 0 Å². The first-order valence-electron chi connectivity index (χ1n) is 7.51. The number of anilines is 2. The van der Waals surface area contributed by atoms with Gasteiger partial charge >= 0.3 is 0 Å². The smallest absolute Gasteiger partial charge is 0.147 e. The summed E-state index contributed by atoms with van der Waals surface area (Å²) in [4.78, 5) is 4.06. The maximum atomic E-state index is 14.1. The Hall–Kier alpha value is -2.76. The van der Waals surface area contributed by atoms with Crippen molar-refractivity contribution in [2.45, 2.75) is 0 Å². The molecule has 120 valence electrons. The van der Waals surface area contributed by atoms with Crippen LogP contribution in [0, 0.1) is 28.5 Å². The Morgan fingerprint density at radius 3 is 2.08 bits per heavy atom. The van der Waals surface area contributed by atoms with Gasteiger partial charge in [-0.1, -0.05) is 11.6 Å². The molecule has 2 aromatic carbocycles. The quantitative estimate of drug-likeness (QED) is 0.839. The summed E-state index contributed by atoms with van der Waals surface area (Å²) in [6, 6.07) is 13.9.